The number of hydrogen-bond acceptors (Lipinski definition) is 6. The monoisotopic (exact) mass is 441 g/mol. The van der Waals surface area contributed by atoms with E-state index in [0.717, 1.165) is 16.9 Å². The molecule has 152 valence electrons. The number of nitrogens with one attached hydrogen (secondary N) is 1. The molecular formula is C21H17Cl2N5O2. The standard InChI is InChI=1S/C21H17Cl2N5O2/c1-29-20-11-14(13-24-18-12-15(22)8-9-17(18)23)7-10-19(20)30-21-25-26-27-28(21)16-5-3-2-4-6-16/h2-12,24H,13H2,1H3. The molecule has 30 heavy (non-hydrogen) atoms. The van der Waals surface area contributed by atoms with Gasteiger partial charge < -0.3 is 14.8 Å². The second kappa shape index (κ2) is 9.02. The summed E-state index contributed by atoms with van der Waals surface area (Å²) < 4.78 is 12.9. The molecule has 0 aliphatic rings. The van der Waals surface area contributed by atoms with E-state index in [9.17, 15) is 0 Å². The predicted molar refractivity (Wildman–Crippen MR) is 116 cm³/mol. The van der Waals surface area contributed by atoms with Crippen LogP contribution in [0.1, 0.15) is 5.56 Å². The predicted octanol–water partition coefficient (Wildman–Crippen LogP) is 5.38. The second-order valence-electron chi connectivity index (χ2n) is 6.27. The normalized spacial score (nSPS) is 10.6. The fourth-order valence-corrected chi connectivity index (χ4v) is 3.17. The van der Waals surface area contributed by atoms with Crippen LogP contribution in [0.5, 0.6) is 17.5 Å². The van der Waals surface area contributed by atoms with Crippen molar-refractivity contribution >= 4 is 28.9 Å². The molecule has 0 amide bonds. The lowest BCUT2D eigenvalue weighted by Gasteiger charge is -2.13. The average Bonchev–Trinajstić information content (AvgIpc) is 3.24. The minimum atomic E-state index is 0.232. The van der Waals surface area contributed by atoms with E-state index in [1.807, 2.05) is 42.5 Å². The van der Waals surface area contributed by atoms with Gasteiger partial charge in [-0.15, -0.1) is 0 Å². The summed E-state index contributed by atoms with van der Waals surface area (Å²) in [6.07, 6.45) is 0. The Kier molecular flexibility index (Phi) is 6.02. The first-order valence-corrected chi connectivity index (χ1v) is 9.77. The zero-order valence-electron chi connectivity index (χ0n) is 15.9. The Morgan fingerprint density at radius 2 is 1.80 bits per heavy atom. The van der Waals surface area contributed by atoms with E-state index in [-0.39, 0.29) is 6.01 Å². The summed E-state index contributed by atoms with van der Waals surface area (Å²) in [5, 5.41) is 16.1. The molecule has 0 fully saturated rings. The minimum Gasteiger partial charge on any atom is -0.493 e. The van der Waals surface area contributed by atoms with E-state index in [1.54, 1.807) is 31.4 Å². The van der Waals surface area contributed by atoms with E-state index in [0.29, 0.717) is 28.1 Å². The lowest BCUT2D eigenvalue weighted by atomic mass is 10.2. The fourth-order valence-electron chi connectivity index (χ4n) is 2.81. The van der Waals surface area contributed by atoms with Crippen LogP contribution in [0.2, 0.25) is 10.0 Å². The lowest BCUT2D eigenvalue weighted by Crippen LogP contribution is -2.03. The number of rotatable bonds is 7. The molecule has 0 unspecified atom stereocenters. The van der Waals surface area contributed by atoms with Gasteiger partial charge in [-0.1, -0.05) is 52.6 Å². The Morgan fingerprint density at radius 3 is 2.60 bits per heavy atom. The number of aromatic nitrogens is 4. The highest BCUT2D eigenvalue weighted by Gasteiger charge is 2.14. The van der Waals surface area contributed by atoms with Gasteiger partial charge in [0.1, 0.15) is 0 Å². The van der Waals surface area contributed by atoms with Gasteiger partial charge in [-0.2, -0.15) is 4.68 Å². The molecule has 1 aromatic heterocycles. The van der Waals surface area contributed by atoms with Gasteiger partial charge in [-0.3, -0.25) is 0 Å². The lowest BCUT2D eigenvalue weighted by molar-refractivity contribution is 0.363. The summed E-state index contributed by atoms with van der Waals surface area (Å²) in [5.41, 5.74) is 2.51. The van der Waals surface area contributed by atoms with Crippen molar-refractivity contribution in [1.29, 1.82) is 0 Å². The highest BCUT2D eigenvalue weighted by molar-refractivity contribution is 6.35. The zero-order chi connectivity index (χ0) is 20.9. The molecule has 3 aromatic carbocycles. The van der Waals surface area contributed by atoms with Crippen LogP contribution in [0.25, 0.3) is 5.69 Å². The van der Waals surface area contributed by atoms with Gasteiger partial charge in [-0.25, -0.2) is 0 Å². The number of ether oxygens (including phenoxy) is 2. The van der Waals surface area contributed by atoms with Crippen molar-refractivity contribution in [2.24, 2.45) is 0 Å². The highest BCUT2D eigenvalue weighted by atomic mass is 35.5. The Hall–Kier alpha value is -3.29. The number of nitrogens with zero attached hydrogens (tertiary/aromatic N) is 4. The molecule has 0 radical (unpaired) electrons. The van der Waals surface area contributed by atoms with Crippen molar-refractivity contribution in [2.75, 3.05) is 12.4 Å². The van der Waals surface area contributed by atoms with E-state index in [2.05, 4.69) is 20.8 Å². The van der Waals surface area contributed by atoms with Crippen LogP contribution in [0, 0.1) is 0 Å². The maximum atomic E-state index is 6.20. The van der Waals surface area contributed by atoms with Crippen LogP contribution < -0.4 is 14.8 Å². The molecule has 1 N–H and O–H groups in total. The molecule has 0 aliphatic heterocycles. The summed E-state index contributed by atoms with van der Waals surface area (Å²) >= 11 is 12.2. The van der Waals surface area contributed by atoms with Crippen molar-refractivity contribution in [3.05, 3.63) is 82.3 Å². The van der Waals surface area contributed by atoms with Gasteiger partial charge in [0.15, 0.2) is 11.5 Å². The van der Waals surface area contributed by atoms with Crippen LogP contribution in [-0.4, -0.2) is 27.3 Å². The maximum Gasteiger partial charge on any atom is 0.346 e. The third-order valence-electron chi connectivity index (χ3n) is 4.28. The summed E-state index contributed by atoms with van der Waals surface area (Å²) in [4.78, 5) is 0. The van der Waals surface area contributed by atoms with E-state index >= 15 is 0 Å². The number of halogens is 2. The molecule has 0 spiro atoms. The quantitative estimate of drug-likeness (QED) is 0.414. The van der Waals surface area contributed by atoms with Crippen molar-refractivity contribution in [3.63, 3.8) is 0 Å². The van der Waals surface area contributed by atoms with Gasteiger partial charge in [0.05, 0.1) is 23.5 Å². The van der Waals surface area contributed by atoms with Gasteiger partial charge in [-0.05, 0) is 58.5 Å². The van der Waals surface area contributed by atoms with Gasteiger partial charge in [0.25, 0.3) is 0 Å². The van der Waals surface area contributed by atoms with Crippen LogP contribution >= 0.6 is 23.2 Å². The first kappa shape index (κ1) is 20.0. The average molecular weight is 442 g/mol. The largest absolute Gasteiger partial charge is 0.493 e. The number of anilines is 1. The van der Waals surface area contributed by atoms with Gasteiger partial charge >= 0.3 is 6.01 Å². The Labute approximate surface area is 183 Å². The summed E-state index contributed by atoms with van der Waals surface area (Å²) in [5.74, 6) is 1.04. The number of hydrogen-bond donors (Lipinski definition) is 1. The second-order valence-corrected chi connectivity index (χ2v) is 7.12. The Morgan fingerprint density at radius 1 is 0.967 bits per heavy atom. The molecule has 4 aromatic rings. The number of methoxy groups -OCH3 is 1. The topological polar surface area (TPSA) is 74.1 Å². The van der Waals surface area contributed by atoms with Crippen molar-refractivity contribution in [2.45, 2.75) is 6.54 Å². The van der Waals surface area contributed by atoms with E-state index < -0.39 is 0 Å². The Balaban J connectivity index is 1.52. The molecule has 4 rings (SSSR count). The third-order valence-corrected chi connectivity index (χ3v) is 4.85. The minimum absolute atomic E-state index is 0.232. The van der Waals surface area contributed by atoms with Crippen LogP contribution in [-0.2, 0) is 6.54 Å². The van der Waals surface area contributed by atoms with Crippen molar-refractivity contribution in [3.8, 4) is 23.2 Å². The molecule has 1 heterocycles. The van der Waals surface area contributed by atoms with Gasteiger partial charge in [0.2, 0.25) is 0 Å². The van der Waals surface area contributed by atoms with Crippen LogP contribution in [0.3, 0.4) is 0 Å². The van der Waals surface area contributed by atoms with E-state index in [4.69, 9.17) is 32.7 Å². The first-order valence-electron chi connectivity index (χ1n) is 9.01. The maximum absolute atomic E-state index is 6.20. The summed E-state index contributed by atoms with van der Waals surface area (Å²) in [7, 11) is 1.58. The number of para-hydroxylation sites is 1. The zero-order valence-corrected chi connectivity index (χ0v) is 17.4. The summed E-state index contributed by atoms with van der Waals surface area (Å²) in [6.45, 7) is 0.526. The smallest absolute Gasteiger partial charge is 0.346 e. The van der Waals surface area contributed by atoms with Gasteiger partial charge in [0, 0.05) is 11.6 Å². The SMILES string of the molecule is COc1cc(CNc2cc(Cl)ccc2Cl)ccc1Oc1nnnn1-c1ccccc1. The van der Waals surface area contributed by atoms with E-state index in [1.165, 1.54) is 4.68 Å². The van der Waals surface area contributed by atoms with Crippen molar-refractivity contribution < 1.29 is 9.47 Å². The molecule has 0 saturated carbocycles. The van der Waals surface area contributed by atoms with Crippen LogP contribution in [0.15, 0.2) is 66.7 Å². The van der Waals surface area contributed by atoms with Crippen molar-refractivity contribution in [1.82, 2.24) is 20.2 Å². The number of tetrazole rings is 1. The Bertz CT molecular complexity index is 1150. The first-order chi connectivity index (χ1) is 14.6. The molecule has 9 heteroatoms. The molecule has 0 atom stereocenters. The molecular weight excluding hydrogens is 425 g/mol. The fraction of sp³-hybridized carbons (Fsp3) is 0.0952. The molecule has 7 nitrogen and oxygen atoms in total. The third kappa shape index (κ3) is 4.48. The van der Waals surface area contributed by atoms with Crippen LogP contribution in [0.4, 0.5) is 5.69 Å². The molecule has 0 bridgehead atoms. The molecule has 0 aliphatic carbocycles. The molecule has 0 saturated heterocycles. The summed E-state index contributed by atoms with van der Waals surface area (Å²) in [6, 6.07) is 20.6. The highest BCUT2D eigenvalue weighted by Crippen LogP contribution is 2.33. The number of benzene rings is 3.